The zero-order valence-electron chi connectivity index (χ0n) is 20.5. The second kappa shape index (κ2) is 11.5. The molecule has 5 rings (SSSR count). The van der Waals surface area contributed by atoms with E-state index < -0.39 is 29.2 Å². The number of thioether (sulfide) groups is 2. The number of β-lactam (4-membered cyclic amide) rings is 1. The van der Waals surface area contributed by atoms with Crippen LogP contribution in [0.2, 0.25) is 0 Å². The van der Waals surface area contributed by atoms with Gasteiger partial charge in [0.2, 0.25) is 0 Å². The summed E-state index contributed by atoms with van der Waals surface area (Å²) in [5.41, 5.74) is 3.07. The van der Waals surface area contributed by atoms with Gasteiger partial charge in [0, 0.05) is 16.9 Å². The van der Waals surface area contributed by atoms with Crippen molar-refractivity contribution in [1.82, 2.24) is 35.0 Å². The Morgan fingerprint density at radius 3 is 2.90 bits per heavy atom. The molecule has 0 aliphatic carbocycles. The van der Waals surface area contributed by atoms with Crippen molar-refractivity contribution in [2.75, 3.05) is 25.2 Å². The highest BCUT2D eigenvalue weighted by atomic mass is 32.2. The predicted molar refractivity (Wildman–Crippen MR) is 141 cm³/mol. The number of carbonyl (C=O) groups is 4. The first-order valence-electron chi connectivity index (χ1n) is 11.3. The number of nitrogens with one attached hydrogen (secondary N) is 1. The van der Waals surface area contributed by atoms with Gasteiger partial charge in [-0.1, -0.05) is 5.16 Å². The molecule has 0 aromatic carbocycles. The van der Waals surface area contributed by atoms with Crippen LogP contribution in [0.1, 0.15) is 12.6 Å². The number of esters is 1. The Kier molecular flexibility index (Phi) is 7.89. The molecule has 2 atom stereocenters. The van der Waals surface area contributed by atoms with E-state index in [0.717, 1.165) is 0 Å². The first-order valence-corrected chi connectivity index (χ1v) is 14.3. The molecule has 2 amide bonds. The number of fused-ring (bicyclic) bond motifs is 2. The largest absolute Gasteiger partial charge is 0.464 e. The minimum atomic E-state index is -0.911. The lowest BCUT2D eigenvalue weighted by molar-refractivity contribution is -0.151. The summed E-state index contributed by atoms with van der Waals surface area (Å²) in [6.07, 6.45) is 1.49. The van der Waals surface area contributed by atoms with Gasteiger partial charge in [-0.05, 0) is 24.6 Å². The molecule has 5 heterocycles. The highest BCUT2D eigenvalue weighted by Crippen LogP contribution is 2.41. The fourth-order valence-electron chi connectivity index (χ4n) is 3.76. The molecule has 202 valence electrons. The highest BCUT2D eigenvalue weighted by molar-refractivity contribution is 8.01. The van der Waals surface area contributed by atoms with Crippen molar-refractivity contribution >= 4 is 69.8 Å². The standard InChI is InChI=1S/C22H20N8O6S3/c1-11(31)5-36-28-16(13-8-37-10-23-13)19(32)25-17-20(33)30-18(22(34)35-2)12(7-39-21(17)30)6-38-15-4-3-14-26-24-9-29(14)27-15/h3-4,8-10,17,21H,5-7H2,1-2H3,(H,25,32)/b28-16+. The Labute approximate surface area is 233 Å². The molecule has 3 aromatic heterocycles. The second-order valence-corrected chi connectivity index (χ2v) is 11.0. The van der Waals surface area contributed by atoms with Crippen molar-refractivity contribution in [2.24, 2.45) is 5.16 Å². The van der Waals surface area contributed by atoms with Gasteiger partial charge in [-0.3, -0.25) is 19.3 Å². The lowest BCUT2D eigenvalue weighted by Gasteiger charge is -2.49. The molecular formula is C22H20N8O6S3. The summed E-state index contributed by atoms with van der Waals surface area (Å²) >= 11 is 4.06. The number of hydrogen-bond acceptors (Lipinski definition) is 14. The molecule has 1 N–H and O–H groups in total. The van der Waals surface area contributed by atoms with E-state index >= 15 is 0 Å². The van der Waals surface area contributed by atoms with Gasteiger partial charge in [0.25, 0.3) is 11.8 Å². The maximum absolute atomic E-state index is 13.2. The SMILES string of the molecule is COC(=O)C1=C(CSc2ccc3nncn3n2)CSC2C(NC(=O)/C(=N/OCC(C)=O)c3cscn3)C(=O)N12. The van der Waals surface area contributed by atoms with Crippen molar-refractivity contribution in [3.63, 3.8) is 0 Å². The number of hydrogen-bond donors (Lipinski definition) is 1. The molecule has 1 fully saturated rings. The number of Topliss-reactive ketones (excluding diaryl/α,β-unsaturated/α-hetero) is 1. The van der Waals surface area contributed by atoms with Gasteiger partial charge in [-0.25, -0.2) is 9.78 Å². The quantitative estimate of drug-likeness (QED) is 0.115. The van der Waals surface area contributed by atoms with E-state index in [9.17, 15) is 19.2 Å². The number of carbonyl (C=O) groups excluding carboxylic acids is 4. The Hall–Kier alpha value is -3.83. The zero-order chi connectivity index (χ0) is 27.5. The molecule has 3 aromatic rings. The third-order valence-electron chi connectivity index (χ3n) is 5.56. The van der Waals surface area contributed by atoms with E-state index in [1.165, 1.54) is 65.6 Å². The average Bonchev–Trinajstić information content (AvgIpc) is 3.63. The number of amides is 2. The maximum atomic E-state index is 13.2. The van der Waals surface area contributed by atoms with E-state index in [0.29, 0.717) is 27.8 Å². The van der Waals surface area contributed by atoms with Crippen LogP contribution in [0.25, 0.3) is 5.65 Å². The molecule has 14 nitrogen and oxygen atoms in total. The summed E-state index contributed by atoms with van der Waals surface area (Å²) in [6.45, 7) is 1.01. The van der Waals surface area contributed by atoms with E-state index in [1.807, 2.05) is 0 Å². The van der Waals surface area contributed by atoms with E-state index in [-0.39, 0.29) is 29.5 Å². The highest BCUT2D eigenvalue weighted by Gasteiger charge is 2.54. The maximum Gasteiger partial charge on any atom is 0.354 e. The van der Waals surface area contributed by atoms with E-state index in [1.54, 1.807) is 22.0 Å². The Bertz CT molecular complexity index is 1500. The third kappa shape index (κ3) is 5.50. The smallest absolute Gasteiger partial charge is 0.354 e. The summed E-state index contributed by atoms with van der Waals surface area (Å²) in [6, 6.07) is 2.67. The molecule has 0 saturated carbocycles. The fraction of sp³-hybridized carbons (Fsp3) is 0.318. The van der Waals surface area contributed by atoms with Gasteiger partial charge in [0.05, 0.1) is 12.6 Å². The molecule has 2 unspecified atom stereocenters. The first-order chi connectivity index (χ1) is 18.9. The van der Waals surface area contributed by atoms with Crippen LogP contribution in [0, 0.1) is 0 Å². The Morgan fingerprint density at radius 1 is 1.31 bits per heavy atom. The van der Waals surface area contributed by atoms with Crippen LogP contribution < -0.4 is 5.32 Å². The van der Waals surface area contributed by atoms with Crippen molar-refractivity contribution < 1.29 is 28.8 Å². The monoisotopic (exact) mass is 588 g/mol. The molecule has 1 saturated heterocycles. The minimum absolute atomic E-state index is 0.160. The van der Waals surface area contributed by atoms with Crippen LogP contribution in [0.3, 0.4) is 0 Å². The van der Waals surface area contributed by atoms with Gasteiger partial charge in [0.1, 0.15) is 34.2 Å². The molecule has 0 radical (unpaired) electrons. The van der Waals surface area contributed by atoms with Crippen LogP contribution in [0.4, 0.5) is 0 Å². The summed E-state index contributed by atoms with van der Waals surface area (Å²) < 4.78 is 6.53. The Morgan fingerprint density at radius 2 is 2.15 bits per heavy atom. The van der Waals surface area contributed by atoms with Crippen LogP contribution in [-0.2, 0) is 28.8 Å². The summed E-state index contributed by atoms with van der Waals surface area (Å²) in [7, 11) is 1.25. The lowest BCUT2D eigenvalue weighted by atomic mass is 10.0. The van der Waals surface area contributed by atoms with Crippen LogP contribution >= 0.6 is 34.9 Å². The molecule has 0 spiro atoms. The summed E-state index contributed by atoms with van der Waals surface area (Å²) in [5.74, 6) is -1.25. The van der Waals surface area contributed by atoms with Crippen LogP contribution in [0.5, 0.6) is 0 Å². The molecule has 2 aliphatic heterocycles. The number of ether oxygens (including phenoxy) is 1. The van der Waals surface area contributed by atoms with Gasteiger partial charge < -0.3 is 14.9 Å². The predicted octanol–water partition coefficient (Wildman–Crippen LogP) is 0.510. The van der Waals surface area contributed by atoms with E-state index in [4.69, 9.17) is 9.57 Å². The average molecular weight is 589 g/mol. The molecular weight excluding hydrogens is 568 g/mol. The van der Waals surface area contributed by atoms with Gasteiger partial charge in [0.15, 0.2) is 23.7 Å². The Balaban J connectivity index is 1.31. The number of rotatable bonds is 10. The topological polar surface area (TPSA) is 170 Å². The molecule has 0 bridgehead atoms. The normalized spacial score (nSPS) is 19.0. The first kappa shape index (κ1) is 26.8. The zero-order valence-corrected chi connectivity index (χ0v) is 22.9. The van der Waals surface area contributed by atoms with Crippen molar-refractivity contribution in [3.05, 3.63) is 46.3 Å². The van der Waals surface area contributed by atoms with Crippen molar-refractivity contribution in [1.29, 1.82) is 0 Å². The van der Waals surface area contributed by atoms with Gasteiger partial charge >= 0.3 is 5.97 Å². The van der Waals surface area contributed by atoms with Gasteiger partial charge in [-0.2, -0.15) is 9.61 Å². The number of aromatic nitrogens is 5. The summed E-state index contributed by atoms with van der Waals surface area (Å²) in [4.78, 5) is 60.6. The lowest BCUT2D eigenvalue weighted by Crippen LogP contribution is -2.71. The van der Waals surface area contributed by atoms with Gasteiger partial charge in [-0.15, -0.1) is 45.1 Å². The number of ketones is 1. The van der Waals surface area contributed by atoms with Crippen LogP contribution in [-0.4, -0.2) is 95.6 Å². The van der Waals surface area contributed by atoms with E-state index in [2.05, 4.69) is 30.8 Å². The number of methoxy groups -OCH3 is 1. The van der Waals surface area contributed by atoms with Crippen LogP contribution in [0.15, 0.2) is 50.8 Å². The summed E-state index contributed by atoms with van der Waals surface area (Å²) in [5, 5.41) is 20.4. The molecule has 39 heavy (non-hydrogen) atoms. The fourth-order valence-corrected chi connectivity index (χ4v) is 6.64. The second-order valence-electron chi connectivity index (χ2n) is 8.19. The third-order valence-corrected chi connectivity index (χ3v) is 8.49. The van der Waals surface area contributed by atoms with Crippen molar-refractivity contribution in [3.8, 4) is 0 Å². The number of thiazole rings is 1. The molecule has 2 aliphatic rings. The molecule has 17 heteroatoms. The number of nitrogens with zero attached hydrogens (tertiary/aromatic N) is 7. The minimum Gasteiger partial charge on any atom is -0.464 e. The van der Waals surface area contributed by atoms with Crippen molar-refractivity contribution in [2.45, 2.75) is 23.4 Å². The number of oxime groups is 1.